The summed E-state index contributed by atoms with van der Waals surface area (Å²) in [6.07, 6.45) is 0.103. The van der Waals surface area contributed by atoms with Crippen molar-refractivity contribution in [2.45, 2.75) is 23.4 Å². The van der Waals surface area contributed by atoms with Gasteiger partial charge in [0.2, 0.25) is 5.91 Å². The van der Waals surface area contributed by atoms with E-state index >= 15 is 0 Å². The SMILES string of the molecule is Cc1csc(SCc2ccc(C(=O)NCCNC(=O)Cc3cccc(F)c3)cc2)n1. The van der Waals surface area contributed by atoms with Gasteiger partial charge < -0.3 is 10.6 Å². The second-order valence-corrected chi connectivity index (χ2v) is 8.73. The fraction of sp³-hybridized carbons (Fsp3) is 0.227. The molecule has 0 spiro atoms. The predicted octanol–water partition coefficient (Wildman–Crippen LogP) is 3.97. The molecule has 1 heterocycles. The summed E-state index contributed by atoms with van der Waals surface area (Å²) in [6.45, 7) is 2.60. The van der Waals surface area contributed by atoms with Crippen molar-refractivity contribution in [2.24, 2.45) is 0 Å². The molecule has 8 heteroatoms. The molecule has 0 saturated heterocycles. The zero-order chi connectivity index (χ0) is 21.3. The van der Waals surface area contributed by atoms with E-state index < -0.39 is 0 Å². The molecule has 0 saturated carbocycles. The monoisotopic (exact) mass is 443 g/mol. The zero-order valence-electron chi connectivity index (χ0n) is 16.5. The van der Waals surface area contributed by atoms with Crippen LogP contribution in [0.2, 0.25) is 0 Å². The quantitative estimate of drug-likeness (QED) is 0.388. The highest BCUT2D eigenvalue weighted by Crippen LogP contribution is 2.26. The van der Waals surface area contributed by atoms with E-state index in [9.17, 15) is 14.0 Å². The third-order valence-electron chi connectivity index (χ3n) is 4.16. The minimum absolute atomic E-state index is 0.103. The minimum atomic E-state index is -0.365. The first kappa shape index (κ1) is 22.0. The summed E-state index contributed by atoms with van der Waals surface area (Å²) in [7, 11) is 0. The number of halogens is 1. The molecule has 3 aromatic rings. The van der Waals surface area contributed by atoms with Crippen molar-refractivity contribution in [1.29, 1.82) is 0 Å². The van der Waals surface area contributed by atoms with E-state index in [1.165, 1.54) is 12.1 Å². The normalized spacial score (nSPS) is 10.6. The highest BCUT2D eigenvalue weighted by molar-refractivity contribution is 8.00. The molecule has 0 radical (unpaired) electrons. The van der Waals surface area contributed by atoms with Gasteiger partial charge in [0.1, 0.15) is 10.2 Å². The van der Waals surface area contributed by atoms with Gasteiger partial charge in [-0.3, -0.25) is 9.59 Å². The second-order valence-electron chi connectivity index (χ2n) is 6.65. The molecule has 0 aliphatic heterocycles. The standard InChI is InChI=1S/C22H22FN3O2S2/c1-15-13-29-22(26-15)30-14-16-5-7-18(8-6-16)21(28)25-10-9-24-20(27)12-17-3-2-4-19(23)11-17/h2-8,11,13H,9-10,12,14H2,1H3,(H,24,27)(H,25,28). The average molecular weight is 444 g/mol. The number of thioether (sulfide) groups is 1. The van der Waals surface area contributed by atoms with Crippen molar-refractivity contribution < 1.29 is 14.0 Å². The van der Waals surface area contributed by atoms with Crippen LogP contribution in [0.3, 0.4) is 0 Å². The summed E-state index contributed by atoms with van der Waals surface area (Å²) < 4.78 is 14.2. The van der Waals surface area contributed by atoms with Crippen LogP contribution >= 0.6 is 23.1 Å². The number of amides is 2. The Balaban J connectivity index is 1.36. The van der Waals surface area contributed by atoms with E-state index in [1.807, 2.05) is 24.4 Å². The molecule has 0 aliphatic carbocycles. The van der Waals surface area contributed by atoms with Gasteiger partial charge in [-0.1, -0.05) is 36.0 Å². The Morgan fingerprint density at radius 2 is 1.83 bits per heavy atom. The Kier molecular flexibility index (Phi) is 7.98. The van der Waals surface area contributed by atoms with Crippen molar-refractivity contribution in [3.8, 4) is 0 Å². The molecule has 0 fully saturated rings. The molecular weight excluding hydrogens is 421 g/mol. The highest BCUT2D eigenvalue weighted by atomic mass is 32.2. The number of benzene rings is 2. The number of carbonyl (C=O) groups excluding carboxylic acids is 2. The third-order valence-corrected chi connectivity index (χ3v) is 6.37. The van der Waals surface area contributed by atoms with Crippen LogP contribution < -0.4 is 10.6 Å². The van der Waals surface area contributed by atoms with E-state index in [0.717, 1.165) is 21.3 Å². The maximum absolute atomic E-state index is 13.1. The maximum Gasteiger partial charge on any atom is 0.251 e. The molecule has 2 amide bonds. The Bertz CT molecular complexity index is 1010. The summed E-state index contributed by atoms with van der Waals surface area (Å²) in [5.41, 5.74) is 3.33. The van der Waals surface area contributed by atoms with E-state index in [2.05, 4.69) is 15.6 Å². The largest absolute Gasteiger partial charge is 0.354 e. The third kappa shape index (κ3) is 6.96. The van der Waals surface area contributed by atoms with Crippen LogP contribution in [0.25, 0.3) is 0 Å². The topological polar surface area (TPSA) is 71.1 Å². The number of thiazole rings is 1. The van der Waals surface area contributed by atoms with Crippen molar-refractivity contribution in [3.05, 3.63) is 82.1 Å². The molecule has 156 valence electrons. The lowest BCUT2D eigenvalue weighted by atomic mass is 10.1. The molecule has 0 aliphatic rings. The Morgan fingerprint density at radius 3 is 2.53 bits per heavy atom. The Labute approximate surface area is 183 Å². The van der Waals surface area contributed by atoms with Gasteiger partial charge in [0.05, 0.1) is 6.42 Å². The minimum Gasteiger partial charge on any atom is -0.354 e. The van der Waals surface area contributed by atoms with E-state index in [-0.39, 0.29) is 24.1 Å². The number of aryl methyl sites for hydroxylation is 1. The van der Waals surface area contributed by atoms with Gasteiger partial charge in [-0.25, -0.2) is 9.37 Å². The first-order chi connectivity index (χ1) is 14.5. The van der Waals surface area contributed by atoms with E-state index in [4.69, 9.17) is 0 Å². The van der Waals surface area contributed by atoms with Crippen LogP contribution in [0.1, 0.15) is 27.2 Å². The van der Waals surface area contributed by atoms with Crippen LogP contribution in [0.15, 0.2) is 58.3 Å². The number of aromatic nitrogens is 1. The maximum atomic E-state index is 13.1. The van der Waals surface area contributed by atoms with Crippen LogP contribution in [0.4, 0.5) is 4.39 Å². The van der Waals surface area contributed by atoms with Crippen molar-refractivity contribution in [2.75, 3.05) is 13.1 Å². The smallest absolute Gasteiger partial charge is 0.251 e. The zero-order valence-corrected chi connectivity index (χ0v) is 18.1. The molecule has 2 aromatic carbocycles. The van der Waals surface area contributed by atoms with Gasteiger partial charge in [-0.15, -0.1) is 11.3 Å². The van der Waals surface area contributed by atoms with Crippen molar-refractivity contribution >= 4 is 34.9 Å². The van der Waals surface area contributed by atoms with E-state index in [1.54, 1.807) is 47.4 Å². The fourth-order valence-electron chi connectivity index (χ4n) is 2.67. The first-order valence-corrected chi connectivity index (χ1v) is 11.3. The lowest BCUT2D eigenvalue weighted by Gasteiger charge is -2.08. The lowest BCUT2D eigenvalue weighted by molar-refractivity contribution is -0.120. The van der Waals surface area contributed by atoms with Crippen molar-refractivity contribution in [3.63, 3.8) is 0 Å². The van der Waals surface area contributed by atoms with Gasteiger partial charge >= 0.3 is 0 Å². The molecule has 3 rings (SSSR count). The first-order valence-electron chi connectivity index (χ1n) is 9.43. The van der Waals surface area contributed by atoms with Gasteiger partial charge in [-0.2, -0.15) is 0 Å². The summed E-state index contributed by atoms with van der Waals surface area (Å²) >= 11 is 3.31. The molecule has 5 nitrogen and oxygen atoms in total. The van der Waals surface area contributed by atoms with Crippen LogP contribution in [-0.2, 0) is 17.0 Å². The number of hydrogen-bond acceptors (Lipinski definition) is 5. The van der Waals surface area contributed by atoms with Crippen LogP contribution in [0.5, 0.6) is 0 Å². The molecule has 1 aromatic heterocycles. The number of carbonyl (C=O) groups is 2. The van der Waals surface area contributed by atoms with Gasteiger partial charge in [0.15, 0.2) is 0 Å². The number of nitrogens with zero attached hydrogens (tertiary/aromatic N) is 1. The molecule has 0 atom stereocenters. The summed E-state index contributed by atoms with van der Waals surface area (Å²) in [5.74, 6) is 0.0263. The Morgan fingerprint density at radius 1 is 1.07 bits per heavy atom. The van der Waals surface area contributed by atoms with Gasteiger partial charge in [0.25, 0.3) is 5.91 Å². The van der Waals surface area contributed by atoms with Crippen molar-refractivity contribution in [1.82, 2.24) is 15.6 Å². The van der Waals surface area contributed by atoms with Gasteiger partial charge in [-0.05, 0) is 42.3 Å². The van der Waals surface area contributed by atoms with Gasteiger partial charge in [0, 0.05) is 35.5 Å². The average Bonchev–Trinajstić information content (AvgIpc) is 3.15. The molecular formula is C22H22FN3O2S2. The predicted molar refractivity (Wildman–Crippen MR) is 118 cm³/mol. The second kappa shape index (κ2) is 10.9. The van der Waals surface area contributed by atoms with Crippen LogP contribution in [-0.4, -0.2) is 29.9 Å². The molecule has 2 N–H and O–H groups in total. The molecule has 0 unspecified atom stereocenters. The highest BCUT2D eigenvalue weighted by Gasteiger charge is 2.07. The number of rotatable bonds is 9. The summed E-state index contributed by atoms with van der Waals surface area (Å²) in [4.78, 5) is 28.5. The molecule has 0 bridgehead atoms. The fourth-order valence-corrected chi connectivity index (χ4v) is 4.48. The van der Waals surface area contributed by atoms with E-state index in [0.29, 0.717) is 24.2 Å². The summed E-state index contributed by atoms with van der Waals surface area (Å²) in [5, 5.41) is 7.52. The lowest BCUT2D eigenvalue weighted by Crippen LogP contribution is -2.35. The number of hydrogen-bond donors (Lipinski definition) is 2. The Hall–Kier alpha value is -2.71. The van der Waals surface area contributed by atoms with Crippen LogP contribution in [0, 0.1) is 12.7 Å². The summed E-state index contributed by atoms with van der Waals surface area (Å²) in [6, 6.07) is 13.4. The molecule has 30 heavy (non-hydrogen) atoms. The number of nitrogens with one attached hydrogen (secondary N) is 2.